The van der Waals surface area contributed by atoms with Gasteiger partial charge in [-0.2, -0.15) is 5.10 Å². The van der Waals surface area contributed by atoms with Gasteiger partial charge in [0, 0.05) is 31.1 Å². The summed E-state index contributed by atoms with van der Waals surface area (Å²) in [6, 6.07) is 21.0. The molecular formula is C38H49N9O4. The predicted molar refractivity (Wildman–Crippen MR) is 197 cm³/mol. The Hall–Kier alpha value is -5.27. The van der Waals surface area contributed by atoms with Crippen LogP contribution in [0.4, 0.5) is 10.6 Å². The summed E-state index contributed by atoms with van der Waals surface area (Å²) in [5.74, 6) is 1.57. The fourth-order valence-corrected chi connectivity index (χ4v) is 6.43. The molecule has 270 valence electrons. The minimum Gasteiger partial charge on any atom is -0.484 e. The Morgan fingerprint density at radius 1 is 1.02 bits per heavy atom. The Kier molecular flexibility index (Phi) is 11.4. The Labute approximate surface area is 298 Å². The molecule has 13 heteroatoms. The summed E-state index contributed by atoms with van der Waals surface area (Å²) in [6.07, 6.45) is 2.90. The van der Waals surface area contributed by atoms with Gasteiger partial charge in [0.1, 0.15) is 29.0 Å². The number of benzene rings is 2. The lowest BCUT2D eigenvalue weighted by atomic mass is 9.85. The van der Waals surface area contributed by atoms with Gasteiger partial charge in [-0.25, -0.2) is 9.48 Å². The van der Waals surface area contributed by atoms with Gasteiger partial charge in [0.25, 0.3) is 6.47 Å². The Morgan fingerprint density at radius 2 is 1.71 bits per heavy atom. The number of nitrogens with zero attached hydrogens (tertiary/aromatic N) is 5. The molecule has 1 saturated heterocycles. The normalized spacial score (nSPS) is 19.2. The molecule has 0 radical (unpaired) electrons. The number of ether oxygens (including phenoxy) is 1. The Bertz CT molecular complexity index is 1910. The van der Waals surface area contributed by atoms with E-state index in [1.54, 1.807) is 27.6 Å². The second kappa shape index (κ2) is 15.7. The first-order valence-electron chi connectivity index (χ1n) is 17.1. The summed E-state index contributed by atoms with van der Waals surface area (Å²) in [6.45, 7) is 10.7. The van der Waals surface area contributed by atoms with Crippen LogP contribution in [0.2, 0.25) is 0 Å². The summed E-state index contributed by atoms with van der Waals surface area (Å²) in [7, 11) is 4.09. The minimum absolute atomic E-state index is 0.114. The van der Waals surface area contributed by atoms with E-state index >= 15 is 0 Å². The van der Waals surface area contributed by atoms with E-state index in [0.29, 0.717) is 30.2 Å². The lowest BCUT2D eigenvalue weighted by Crippen LogP contribution is -2.55. The SMILES string of the molecule is Cc1ccc(-n2nc(C(C)(C)C)cc2NC(=O)N[C@H]2CC[C@@H](Oc3ccc(=N)n(C(=N)C4CN(C)CCN4C)c3)c3ccccc32)cc1.O=CO. The van der Waals surface area contributed by atoms with Crippen molar-refractivity contribution < 1.29 is 19.4 Å². The van der Waals surface area contributed by atoms with Crippen LogP contribution in [-0.2, 0) is 10.2 Å². The fourth-order valence-electron chi connectivity index (χ4n) is 6.43. The highest BCUT2D eigenvalue weighted by molar-refractivity contribution is 5.89. The molecular weight excluding hydrogens is 646 g/mol. The average molecular weight is 696 g/mol. The number of aryl methyl sites for hydroxylation is 1. The molecule has 2 aromatic heterocycles. The molecule has 2 aliphatic rings. The number of carbonyl (C=O) groups is 2. The van der Waals surface area contributed by atoms with Crippen LogP contribution in [0.3, 0.4) is 0 Å². The number of fused-ring (bicyclic) bond motifs is 1. The van der Waals surface area contributed by atoms with Gasteiger partial charge in [-0.15, -0.1) is 0 Å². The van der Waals surface area contributed by atoms with Crippen molar-refractivity contribution in [3.05, 3.63) is 101 Å². The summed E-state index contributed by atoms with van der Waals surface area (Å²) in [4.78, 5) is 26.3. The number of likely N-dealkylation sites (N-methyl/N-ethyl adjacent to an activating group) is 2. The third-order valence-corrected chi connectivity index (χ3v) is 9.37. The van der Waals surface area contributed by atoms with Crippen LogP contribution in [-0.4, -0.2) is 87.4 Å². The molecule has 3 heterocycles. The van der Waals surface area contributed by atoms with E-state index in [1.165, 1.54) is 0 Å². The van der Waals surface area contributed by atoms with Crippen LogP contribution in [0, 0.1) is 17.7 Å². The number of nitrogens with one attached hydrogen (secondary N) is 4. The lowest BCUT2D eigenvalue weighted by Gasteiger charge is -2.38. The third kappa shape index (κ3) is 8.73. The molecule has 6 rings (SSSR count). The van der Waals surface area contributed by atoms with E-state index in [2.05, 4.69) is 54.3 Å². The molecule has 1 unspecified atom stereocenters. The van der Waals surface area contributed by atoms with Crippen molar-refractivity contribution in [2.75, 3.05) is 39.0 Å². The molecule has 2 aromatic carbocycles. The van der Waals surface area contributed by atoms with Crippen molar-refractivity contribution in [3.8, 4) is 11.4 Å². The molecule has 4 aromatic rings. The number of hydrogen-bond donors (Lipinski definition) is 5. The highest BCUT2D eigenvalue weighted by Gasteiger charge is 2.31. The van der Waals surface area contributed by atoms with Gasteiger partial charge in [0.15, 0.2) is 0 Å². The van der Waals surface area contributed by atoms with Gasteiger partial charge in [0.2, 0.25) is 0 Å². The monoisotopic (exact) mass is 695 g/mol. The van der Waals surface area contributed by atoms with E-state index in [4.69, 9.17) is 30.6 Å². The van der Waals surface area contributed by atoms with E-state index in [0.717, 1.165) is 47.7 Å². The number of anilines is 1. The first-order chi connectivity index (χ1) is 24.3. The van der Waals surface area contributed by atoms with Crippen LogP contribution in [0.25, 0.3) is 5.69 Å². The molecule has 0 saturated carbocycles. The van der Waals surface area contributed by atoms with E-state index in [9.17, 15) is 4.79 Å². The summed E-state index contributed by atoms with van der Waals surface area (Å²) in [5.41, 5.74) is 4.99. The lowest BCUT2D eigenvalue weighted by molar-refractivity contribution is -0.122. The van der Waals surface area contributed by atoms with Crippen molar-refractivity contribution in [1.29, 1.82) is 10.8 Å². The summed E-state index contributed by atoms with van der Waals surface area (Å²) in [5, 5.41) is 35.5. The number of amides is 2. The minimum atomic E-state index is -0.299. The van der Waals surface area contributed by atoms with Crippen LogP contribution >= 0.6 is 0 Å². The molecule has 13 nitrogen and oxygen atoms in total. The first-order valence-corrected chi connectivity index (χ1v) is 17.1. The maximum atomic E-state index is 13.5. The number of urea groups is 1. The number of piperazine rings is 1. The maximum Gasteiger partial charge on any atom is 0.320 e. The number of carboxylic acid groups (broad SMARTS) is 1. The van der Waals surface area contributed by atoms with Crippen molar-refractivity contribution >= 4 is 24.2 Å². The number of hydrogen-bond acceptors (Lipinski definition) is 8. The molecule has 1 aliphatic carbocycles. The van der Waals surface area contributed by atoms with Gasteiger partial charge < -0.3 is 20.1 Å². The van der Waals surface area contributed by atoms with Crippen LogP contribution in [0.15, 0.2) is 72.9 Å². The summed E-state index contributed by atoms with van der Waals surface area (Å²) < 4.78 is 9.96. The highest BCUT2D eigenvalue weighted by Crippen LogP contribution is 2.39. The van der Waals surface area contributed by atoms with E-state index in [-0.39, 0.29) is 41.6 Å². The van der Waals surface area contributed by atoms with Gasteiger partial charge in [-0.05, 0) is 69.3 Å². The molecule has 3 atom stereocenters. The molecule has 1 fully saturated rings. The van der Waals surface area contributed by atoms with E-state index < -0.39 is 0 Å². The van der Waals surface area contributed by atoms with Crippen LogP contribution in [0.5, 0.6) is 5.75 Å². The topological polar surface area (TPSA) is 165 Å². The number of rotatable bonds is 6. The molecule has 51 heavy (non-hydrogen) atoms. The quantitative estimate of drug-likeness (QED) is 0.104. The van der Waals surface area contributed by atoms with Gasteiger partial charge >= 0.3 is 6.03 Å². The van der Waals surface area contributed by atoms with Crippen molar-refractivity contribution in [3.63, 3.8) is 0 Å². The first kappa shape index (κ1) is 37.0. The Morgan fingerprint density at radius 3 is 2.39 bits per heavy atom. The smallest absolute Gasteiger partial charge is 0.320 e. The third-order valence-electron chi connectivity index (χ3n) is 9.37. The van der Waals surface area contributed by atoms with Crippen molar-refractivity contribution in [2.24, 2.45) is 0 Å². The zero-order chi connectivity index (χ0) is 36.9. The largest absolute Gasteiger partial charge is 0.484 e. The average Bonchev–Trinajstić information content (AvgIpc) is 3.52. The Balaban J connectivity index is 0.00000162. The molecule has 0 spiro atoms. The maximum absolute atomic E-state index is 13.5. The van der Waals surface area contributed by atoms with Crippen LogP contribution in [0.1, 0.15) is 68.1 Å². The second-order valence-corrected chi connectivity index (χ2v) is 14.2. The van der Waals surface area contributed by atoms with Gasteiger partial charge in [-0.3, -0.25) is 30.4 Å². The molecule has 5 N–H and O–H groups in total. The zero-order valence-corrected chi connectivity index (χ0v) is 30.2. The van der Waals surface area contributed by atoms with E-state index in [1.807, 2.05) is 62.5 Å². The zero-order valence-electron chi connectivity index (χ0n) is 30.2. The fraction of sp³-hybridized carbons (Fsp3) is 0.395. The standard InChI is InChI=1S/C37H47N9O2.CH2O2/c1-24-11-13-25(14-12-24)46-34(21-32(42-46)37(2,3)4)41-36(47)40-29-16-17-31(28-10-8-7-9-27(28)29)48-26-15-18-33(38)45(22-26)35(39)30-23-43(5)19-20-44(30)6;2-1-3/h7-15,18,21-22,29-31,38-39H,16-17,19-20,23H2,1-6H3,(H2,40,41,47);1H,(H,2,3)/t29-,30?,31+;/m0./s1. The van der Waals surface area contributed by atoms with Crippen LogP contribution < -0.4 is 20.9 Å². The summed E-state index contributed by atoms with van der Waals surface area (Å²) >= 11 is 0. The second-order valence-electron chi connectivity index (χ2n) is 14.2. The number of carbonyl (C=O) groups excluding carboxylic acids is 1. The van der Waals surface area contributed by atoms with Gasteiger partial charge in [-0.1, -0.05) is 62.7 Å². The molecule has 2 amide bonds. The number of pyridine rings is 1. The number of aromatic nitrogens is 3. The van der Waals surface area contributed by atoms with Crippen molar-refractivity contribution in [1.82, 2.24) is 29.5 Å². The van der Waals surface area contributed by atoms with Gasteiger partial charge in [0.05, 0.1) is 29.7 Å². The molecule has 1 aliphatic heterocycles. The predicted octanol–water partition coefficient (Wildman–Crippen LogP) is 5.31. The van der Waals surface area contributed by atoms with Crippen molar-refractivity contribution in [2.45, 2.75) is 64.1 Å². The molecule has 0 bridgehead atoms. The highest BCUT2D eigenvalue weighted by atomic mass is 16.5.